The van der Waals surface area contributed by atoms with Gasteiger partial charge in [-0.15, -0.1) is 0 Å². The molecule has 0 radical (unpaired) electrons. The van der Waals surface area contributed by atoms with Crippen molar-refractivity contribution < 1.29 is 0 Å². The Morgan fingerprint density at radius 2 is 1.94 bits per heavy atom. The summed E-state index contributed by atoms with van der Waals surface area (Å²) in [5.41, 5.74) is 7.88. The molecule has 0 amide bonds. The van der Waals surface area contributed by atoms with Crippen LogP contribution in [0.4, 0.5) is 11.5 Å². The molecule has 4 heteroatoms. The zero-order chi connectivity index (χ0) is 13.0. The van der Waals surface area contributed by atoms with Crippen LogP contribution >= 0.6 is 0 Å². The number of aryl methyl sites for hydroxylation is 1. The van der Waals surface area contributed by atoms with Gasteiger partial charge in [0.1, 0.15) is 5.82 Å². The predicted molar refractivity (Wildman–Crippen MR) is 74.3 cm³/mol. The Balaban J connectivity index is 2.59. The van der Waals surface area contributed by atoms with Crippen molar-refractivity contribution in [2.45, 2.75) is 46.5 Å². The molecule has 1 rings (SSSR count). The zero-order valence-corrected chi connectivity index (χ0v) is 11.7. The van der Waals surface area contributed by atoms with Crippen LogP contribution < -0.4 is 11.1 Å². The third-order valence-corrected chi connectivity index (χ3v) is 2.91. The van der Waals surface area contributed by atoms with Crippen molar-refractivity contribution in [3.8, 4) is 0 Å². The van der Waals surface area contributed by atoms with Gasteiger partial charge in [-0.2, -0.15) is 5.10 Å². The van der Waals surface area contributed by atoms with Gasteiger partial charge in [0.15, 0.2) is 0 Å². The quantitative estimate of drug-likeness (QED) is 0.749. The third-order valence-electron chi connectivity index (χ3n) is 2.91. The standard InChI is InChI=1S/C13H26N4/c1-9(2)7-6-8-15-13-11(14)12(10(3)4)16-17(13)5/h9-10,15H,6-8,14H2,1-5H3. The van der Waals surface area contributed by atoms with Crippen LogP contribution in [-0.2, 0) is 7.05 Å². The Bertz CT molecular complexity index is 353. The highest BCUT2D eigenvalue weighted by molar-refractivity contribution is 5.65. The highest BCUT2D eigenvalue weighted by Crippen LogP contribution is 2.27. The van der Waals surface area contributed by atoms with Gasteiger partial charge >= 0.3 is 0 Å². The van der Waals surface area contributed by atoms with Crippen molar-refractivity contribution >= 4 is 11.5 Å². The van der Waals surface area contributed by atoms with Crippen LogP contribution in [0, 0.1) is 5.92 Å². The first kappa shape index (κ1) is 13.9. The molecule has 0 saturated heterocycles. The lowest BCUT2D eigenvalue weighted by atomic mass is 10.1. The molecule has 1 heterocycles. The molecule has 0 atom stereocenters. The van der Waals surface area contributed by atoms with E-state index in [9.17, 15) is 0 Å². The van der Waals surface area contributed by atoms with Crippen LogP contribution in [-0.4, -0.2) is 16.3 Å². The van der Waals surface area contributed by atoms with E-state index in [4.69, 9.17) is 5.73 Å². The number of aromatic nitrogens is 2. The lowest BCUT2D eigenvalue weighted by Crippen LogP contribution is -2.08. The molecule has 0 fully saturated rings. The molecule has 17 heavy (non-hydrogen) atoms. The fourth-order valence-electron chi connectivity index (χ4n) is 1.91. The van der Waals surface area contributed by atoms with Crippen LogP contribution in [0.3, 0.4) is 0 Å². The summed E-state index contributed by atoms with van der Waals surface area (Å²) in [7, 11) is 1.94. The normalized spacial score (nSPS) is 11.5. The van der Waals surface area contributed by atoms with E-state index in [0.29, 0.717) is 5.92 Å². The summed E-state index contributed by atoms with van der Waals surface area (Å²) in [6.45, 7) is 9.67. The number of anilines is 2. The van der Waals surface area contributed by atoms with Crippen molar-refractivity contribution in [1.29, 1.82) is 0 Å². The first-order valence-electron chi connectivity index (χ1n) is 6.49. The summed E-state index contributed by atoms with van der Waals surface area (Å²) < 4.78 is 1.85. The van der Waals surface area contributed by atoms with Crippen LogP contribution in [0.1, 0.15) is 52.1 Å². The van der Waals surface area contributed by atoms with Gasteiger partial charge in [-0.05, 0) is 24.7 Å². The summed E-state index contributed by atoms with van der Waals surface area (Å²) in [5, 5.41) is 7.84. The van der Waals surface area contributed by atoms with Crippen molar-refractivity contribution in [2.75, 3.05) is 17.6 Å². The number of hydrogen-bond donors (Lipinski definition) is 2. The summed E-state index contributed by atoms with van der Waals surface area (Å²) in [5.74, 6) is 2.08. The van der Waals surface area contributed by atoms with Crippen molar-refractivity contribution in [3.05, 3.63) is 5.69 Å². The smallest absolute Gasteiger partial charge is 0.147 e. The van der Waals surface area contributed by atoms with Crippen LogP contribution in [0.15, 0.2) is 0 Å². The monoisotopic (exact) mass is 238 g/mol. The van der Waals surface area contributed by atoms with Crippen LogP contribution in [0.5, 0.6) is 0 Å². The van der Waals surface area contributed by atoms with Crippen LogP contribution in [0.25, 0.3) is 0 Å². The van der Waals surface area contributed by atoms with Gasteiger partial charge in [0.05, 0.1) is 11.4 Å². The van der Waals surface area contributed by atoms with E-state index in [1.165, 1.54) is 12.8 Å². The molecule has 0 bridgehead atoms. The van der Waals surface area contributed by atoms with Crippen molar-refractivity contribution in [1.82, 2.24) is 9.78 Å². The summed E-state index contributed by atoms with van der Waals surface area (Å²) in [6, 6.07) is 0. The van der Waals surface area contributed by atoms with E-state index in [2.05, 4.69) is 38.1 Å². The van der Waals surface area contributed by atoms with Crippen molar-refractivity contribution in [3.63, 3.8) is 0 Å². The average Bonchev–Trinajstić information content (AvgIpc) is 2.50. The van der Waals surface area contributed by atoms with Gasteiger partial charge in [0.25, 0.3) is 0 Å². The fraction of sp³-hybridized carbons (Fsp3) is 0.769. The number of hydrogen-bond acceptors (Lipinski definition) is 3. The van der Waals surface area contributed by atoms with Gasteiger partial charge in [0, 0.05) is 13.6 Å². The van der Waals surface area contributed by atoms with E-state index in [0.717, 1.165) is 29.7 Å². The Kier molecular flexibility index (Phi) is 4.85. The Labute approximate surface area is 105 Å². The molecule has 0 spiro atoms. The Morgan fingerprint density at radius 1 is 1.29 bits per heavy atom. The number of nitrogens with one attached hydrogen (secondary N) is 1. The van der Waals surface area contributed by atoms with E-state index in [1.54, 1.807) is 0 Å². The second kappa shape index (κ2) is 5.94. The molecule has 0 aromatic carbocycles. The molecule has 0 aliphatic heterocycles. The van der Waals surface area contributed by atoms with Crippen molar-refractivity contribution in [2.24, 2.45) is 13.0 Å². The maximum Gasteiger partial charge on any atom is 0.147 e. The molecule has 0 unspecified atom stereocenters. The topological polar surface area (TPSA) is 55.9 Å². The van der Waals surface area contributed by atoms with Gasteiger partial charge < -0.3 is 11.1 Å². The number of nitrogens with two attached hydrogens (primary N) is 1. The molecular formula is C13H26N4. The van der Waals surface area contributed by atoms with Gasteiger partial charge in [-0.1, -0.05) is 27.7 Å². The first-order chi connectivity index (χ1) is 7.93. The zero-order valence-electron chi connectivity index (χ0n) is 11.7. The molecular weight excluding hydrogens is 212 g/mol. The second-order valence-corrected chi connectivity index (χ2v) is 5.39. The minimum atomic E-state index is 0.368. The minimum absolute atomic E-state index is 0.368. The van der Waals surface area contributed by atoms with Gasteiger partial charge in [-0.3, -0.25) is 4.68 Å². The number of nitrogens with zero attached hydrogens (tertiary/aromatic N) is 2. The molecule has 0 aliphatic carbocycles. The summed E-state index contributed by atoms with van der Waals surface area (Å²) >= 11 is 0. The SMILES string of the molecule is CC(C)CCCNc1c(N)c(C(C)C)nn1C. The third kappa shape index (κ3) is 3.65. The van der Waals surface area contributed by atoms with Gasteiger partial charge in [-0.25, -0.2) is 0 Å². The second-order valence-electron chi connectivity index (χ2n) is 5.39. The molecule has 4 nitrogen and oxygen atoms in total. The molecule has 98 valence electrons. The summed E-state index contributed by atoms with van der Waals surface area (Å²) in [4.78, 5) is 0. The highest BCUT2D eigenvalue weighted by atomic mass is 15.3. The maximum atomic E-state index is 6.10. The average molecular weight is 238 g/mol. The predicted octanol–water partition coefficient (Wildman–Crippen LogP) is 2.97. The summed E-state index contributed by atoms with van der Waals surface area (Å²) in [6.07, 6.45) is 2.40. The van der Waals surface area contributed by atoms with Crippen LogP contribution in [0.2, 0.25) is 0 Å². The lowest BCUT2D eigenvalue weighted by Gasteiger charge is -2.09. The maximum absolute atomic E-state index is 6.10. The number of rotatable bonds is 6. The van der Waals surface area contributed by atoms with Gasteiger partial charge in [0.2, 0.25) is 0 Å². The molecule has 0 saturated carbocycles. The Morgan fingerprint density at radius 3 is 2.41 bits per heavy atom. The first-order valence-corrected chi connectivity index (χ1v) is 6.49. The lowest BCUT2D eigenvalue weighted by molar-refractivity contribution is 0.566. The van der Waals surface area contributed by atoms with E-state index in [-0.39, 0.29) is 0 Å². The molecule has 1 aromatic heterocycles. The minimum Gasteiger partial charge on any atom is -0.394 e. The molecule has 0 aliphatic rings. The fourth-order valence-corrected chi connectivity index (χ4v) is 1.91. The largest absolute Gasteiger partial charge is 0.394 e. The Hall–Kier alpha value is -1.19. The van der Waals surface area contributed by atoms with E-state index in [1.807, 2.05) is 11.7 Å². The molecule has 1 aromatic rings. The van der Waals surface area contributed by atoms with E-state index >= 15 is 0 Å². The highest BCUT2D eigenvalue weighted by Gasteiger charge is 2.15. The molecule has 3 N–H and O–H groups in total. The van der Waals surface area contributed by atoms with E-state index < -0.39 is 0 Å². The number of nitrogen functional groups attached to an aromatic ring is 1.